The standard InChI is InChI=1S/C57H37N/c1-3-15-38(16-4-1)46-33-47(39-17-5-2-6-18-39)35-48(34-46)57-49-24-8-7-19-44(49)37-56(58-57)45-23-14-22-42(32-45)40-20-13-21-41(31-40)43-29-30-54-52-27-10-9-25-50(52)51-26-11-12-28-53(51)55(54)36-43/h1-37H. The largest absolute Gasteiger partial charge is 0.247 e. The van der Waals surface area contributed by atoms with Crippen LogP contribution >= 0.6 is 0 Å². The summed E-state index contributed by atoms with van der Waals surface area (Å²) in [5.41, 5.74) is 13.5. The summed E-state index contributed by atoms with van der Waals surface area (Å²) in [6, 6.07) is 81.3. The van der Waals surface area contributed by atoms with Crippen molar-refractivity contribution in [2.75, 3.05) is 0 Å². The monoisotopic (exact) mass is 735 g/mol. The van der Waals surface area contributed by atoms with Gasteiger partial charge in [0.05, 0.1) is 11.4 Å². The SMILES string of the molecule is c1ccc(-c2cc(-c3ccccc3)cc(-c3nc(-c4cccc(-c5cccc(-c6ccc7c8ccccc8c8ccccc8c7c6)c5)c4)cc4ccccc34)c2)cc1. The third kappa shape index (κ3) is 6.02. The summed E-state index contributed by atoms with van der Waals surface area (Å²) in [4.78, 5) is 5.49. The lowest BCUT2D eigenvalue weighted by Crippen LogP contribution is -1.93. The highest BCUT2D eigenvalue weighted by Crippen LogP contribution is 2.40. The molecular weight excluding hydrogens is 699 g/mol. The smallest absolute Gasteiger partial charge is 0.0788 e. The highest BCUT2D eigenvalue weighted by Gasteiger charge is 2.15. The lowest BCUT2D eigenvalue weighted by molar-refractivity contribution is 1.35. The summed E-state index contributed by atoms with van der Waals surface area (Å²) in [6.45, 7) is 0. The lowest BCUT2D eigenvalue weighted by Gasteiger charge is -2.15. The first kappa shape index (κ1) is 33.7. The van der Waals surface area contributed by atoms with Gasteiger partial charge < -0.3 is 0 Å². The first-order chi connectivity index (χ1) is 28.7. The van der Waals surface area contributed by atoms with Crippen LogP contribution in [0.1, 0.15) is 0 Å². The number of hydrogen-bond donors (Lipinski definition) is 0. The van der Waals surface area contributed by atoms with Gasteiger partial charge in [0.25, 0.3) is 0 Å². The molecule has 0 amide bonds. The second-order valence-electron chi connectivity index (χ2n) is 15.1. The average Bonchev–Trinajstić information content (AvgIpc) is 3.31. The molecule has 0 aliphatic heterocycles. The minimum atomic E-state index is 0.951. The molecule has 0 unspecified atom stereocenters. The Morgan fingerprint density at radius 2 is 0.603 bits per heavy atom. The summed E-state index contributed by atoms with van der Waals surface area (Å²) in [6.07, 6.45) is 0. The Morgan fingerprint density at radius 3 is 1.19 bits per heavy atom. The molecule has 11 aromatic rings. The molecule has 0 N–H and O–H groups in total. The Hall–Kier alpha value is -7.61. The number of benzene rings is 10. The van der Waals surface area contributed by atoms with Crippen molar-refractivity contribution >= 4 is 43.1 Å². The third-order valence-corrected chi connectivity index (χ3v) is 11.6. The molecule has 0 aliphatic carbocycles. The second-order valence-corrected chi connectivity index (χ2v) is 15.1. The van der Waals surface area contributed by atoms with Gasteiger partial charge in [-0.05, 0) is 125 Å². The van der Waals surface area contributed by atoms with Crippen LogP contribution in [-0.4, -0.2) is 4.98 Å². The topological polar surface area (TPSA) is 12.9 Å². The Morgan fingerprint density at radius 1 is 0.207 bits per heavy atom. The minimum absolute atomic E-state index is 0.951. The van der Waals surface area contributed by atoms with Gasteiger partial charge in [0.15, 0.2) is 0 Å². The molecule has 11 rings (SSSR count). The maximum Gasteiger partial charge on any atom is 0.0788 e. The molecule has 58 heavy (non-hydrogen) atoms. The summed E-state index contributed by atoms with van der Waals surface area (Å²) in [7, 11) is 0. The molecule has 1 nitrogen and oxygen atoms in total. The Labute approximate surface area is 338 Å². The van der Waals surface area contributed by atoms with Crippen molar-refractivity contribution in [3.05, 3.63) is 224 Å². The fraction of sp³-hybridized carbons (Fsp3) is 0. The molecule has 10 aromatic carbocycles. The first-order valence-electron chi connectivity index (χ1n) is 19.9. The van der Waals surface area contributed by atoms with E-state index in [1.54, 1.807) is 0 Å². The van der Waals surface area contributed by atoms with E-state index in [0.29, 0.717) is 0 Å². The average molecular weight is 736 g/mol. The summed E-state index contributed by atoms with van der Waals surface area (Å²) in [5.74, 6) is 0. The summed E-state index contributed by atoms with van der Waals surface area (Å²) >= 11 is 0. The van der Waals surface area contributed by atoms with Gasteiger partial charge in [-0.25, -0.2) is 4.98 Å². The maximum absolute atomic E-state index is 5.49. The molecule has 0 spiro atoms. The third-order valence-electron chi connectivity index (χ3n) is 11.6. The van der Waals surface area contributed by atoms with Crippen LogP contribution in [0, 0.1) is 0 Å². The van der Waals surface area contributed by atoms with Crippen LogP contribution < -0.4 is 0 Å². The fourth-order valence-corrected chi connectivity index (χ4v) is 8.75. The van der Waals surface area contributed by atoms with Gasteiger partial charge in [-0.2, -0.15) is 0 Å². The van der Waals surface area contributed by atoms with Crippen molar-refractivity contribution in [3.63, 3.8) is 0 Å². The van der Waals surface area contributed by atoms with Crippen LogP contribution in [0.25, 0.3) is 110 Å². The predicted octanol–water partition coefficient (Wildman–Crippen LogP) is 15.7. The number of rotatable bonds is 6. The van der Waals surface area contributed by atoms with Crippen molar-refractivity contribution in [1.29, 1.82) is 0 Å². The van der Waals surface area contributed by atoms with Gasteiger partial charge in [0, 0.05) is 16.5 Å². The van der Waals surface area contributed by atoms with Crippen molar-refractivity contribution in [2.24, 2.45) is 0 Å². The highest BCUT2D eigenvalue weighted by atomic mass is 14.7. The predicted molar refractivity (Wildman–Crippen MR) is 247 cm³/mol. The Kier molecular flexibility index (Phi) is 8.23. The van der Waals surface area contributed by atoms with Gasteiger partial charge in [0.1, 0.15) is 0 Å². The van der Waals surface area contributed by atoms with Crippen LogP contribution in [0.2, 0.25) is 0 Å². The molecule has 0 radical (unpaired) electrons. The van der Waals surface area contributed by atoms with Gasteiger partial charge in [-0.3, -0.25) is 0 Å². The number of pyridine rings is 1. The van der Waals surface area contributed by atoms with E-state index in [1.165, 1.54) is 71.3 Å². The van der Waals surface area contributed by atoms with E-state index in [0.717, 1.165) is 38.9 Å². The van der Waals surface area contributed by atoms with Crippen LogP contribution in [0.4, 0.5) is 0 Å². The number of hydrogen-bond acceptors (Lipinski definition) is 1. The zero-order valence-electron chi connectivity index (χ0n) is 31.8. The maximum atomic E-state index is 5.49. The number of nitrogens with zero attached hydrogens (tertiary/aromatic N) is 1. The van der Waals surface area contributed by atoms with E-state index in [-0.39, 0.29) is 0 Å². The molecule has 1 heterocycles. The molecule has 0 saturated heterocycles. The van der Waals surface area contributed by atoms with Gasteiger partial charge >= 0.3 is 0 Å². The van der Waals surface area contributed by atoms with E-state index in [4.69, 9.17) is 4.98 Å². The van der Waals surface area contributed by atoms with Gasteiger partial charge in [0.2, 0.25) is 0 Å². The number of aromatic nitrogens is 1. The molecule has 0 atom stereocenters. The lowest BCUT2D eigenvalue weighted by atomic mass is 9.91. The molecule has 0 fully saturated rings. The summed E-state index contributed by atoms with van der Waals surface area (Å²) in [5, 5.41) is 10.0. The van der Waals surface area contributed by atoms with E-state index in [2.05, 4.69) is 224 Å². The van der Waals surface area contributed by atoms with E-state index in [1.807, 2.05) is 0 Å². The second kappa shape index (κ2) is 14.2. The quantitative estimate of drug-likeness (QED) is 0.155. The molecular formula is C57H37N. The van der Waals surface area contributed by atoms with E-state index in [9.17, 15) is 0 Å². The Bertz CT molecular complexity index is 3230. The fourth-order valence-electron chi connectivity index (χ4n) is 8.75. The van der Waals surface area contributed by atoms with E-state index < -0.39 is 0 Å². The van der Waals surface area contributed by atoms with E-state index >= 15 is 0 Å². The van der Waals surface area contributed by atoms with Crippen molar-refractivity contribution in [1.82, 2.24) is 4.98 Å². The summed E-state index contributed by atoms with van der Waals surface area (Å²) < 4.78 is 0. The molecule has 0 saturated carbocycles. The van der Waals surface area contributed by atoms with Crippen LogP contribution in [0.3, 0.4) is 0 Å². The zero-order valence-corrected chi connectivity index (χ0v) is 31.8. The van der Waals surface area contributed by atoms with Crippen LogP contribution in [-0.2, 0) is 0 Å². The number of fused-ring (bicyclic) bond motifs is 7. The van der Waals surface area contributed by atoms with Crippen molar-refractivity contribution in [3.8, 4) is 67.0 Å². The highest BCUT2D eigenvalue weighted by molar-refractivity contribution is 6.25. The molecule has 0 bridgehead atoms. The van der Waals surface area contributed by atoms with Gasteiger partial charge in [-0.15, -0.1) is 0 Å². The normalized spacial score (nSPS) is 11.4. The zero-order chi connectivity index (χ0) is 38.4. The van der Waals surface area contributed by atoms with Gasteiger partial charge in [-0.1, -0.05) is 182 Å². The minimum Gasteiger partial charge on any atom is -0.247 e. The van der Waals surface area contributed by atoms with Crippen LogP contribution in [0.5, 0.6) is 0 Å². The van der Waals surface area contributed by atoms with Crippen molar-refractivity contribution < 1.29 is 0 Å². The van der Waals surface area contributed by atoms with Crippen molar-refractivity contribution in [2.45, 2.75) is 0 Å². The molecule has 0 aliphatic rings. The molecule has 1 heteroatoms. The Balaban J connectivity index is 1.02. The molecule has 1 aromatic heterocycles. The molecule has 270 valence electrons. The van der Waals surface area contributed by atoms with Crippen LogP contribution in [0.15, 0.2) is 224 Å². The first-order valence-corrected chi connectivity index (χ1v) is 19.9.